The van der Waals surface area contributed by atoms with Crippen LogP contribution in [0.4, 0.5) is 0 Å². The normalized spacial score (nSPS) is 13.2. The molecule has 4 heteroatoms. The van der Waals surface area contributed by atoms with E-state index in [-0.39, 0.29) is 0 Å². The minimum atomic E-state index is -0.672. The summed E-state index contributed by atoms with van der Waals surface area (Å²) in [6, 6.07) is 0. The van der Waals surface area contributed by atoms with Gasteiger partial charge in [0, 0.05) is 0 Å². The Morgan fingerprint density at radius 1 is 1.56 bits per heavy atom. The summed E-state index contributed by atoms with van der Waals surface area (Å²) < 4.78 is 0.751. The Hall–Kier alpha value is 1.03. The van der Waals surface area contributed by atoms with Crippen molar-refractivity contribution in [3.63, 3.8) is 0 Å². The van der Waals surface area contributed by atoms with E-state index >= 15 is 0 Å². The molecule has 0 radical (unpaired) electrons. The monoisotopic (exact) mass is 281 g/mol. The molecule has 56 valence electrons. The van der Waals surface area contributed by atoms with Crippen LogP contribution in [0.1, 0.15) is 13.8 Å². The van der Waals surface area contributed by atoms with Gasteiger partial charge in [-0.05, 0) is 0 Å². The average Bonchev–Trinajstić information content (AvgIpc) is 1.86. The zero-order valence-corrected chi connectivity index (χ0v) is 9.94. The van der Waals surface area contributed by atoms with Crippen LogP contribution in [0.2, 0.25) is 0 Å². The fraction of sp³-hybridized carbons (Fsp3) is 0.800. The van der Waals surface area contributed by atoms with E-state index in [2.05, 4.69) is 13.8 Å². The summed E-state index contributed by atoms with van der Waals surface area (Å²) >= 11 is 6.78. The van der Waals surface area contributed by atoms with Crippen molar-refractivity contribution in [1.29, 1.82) is 0 Å². The van der Waals surface area contributed by atoms with Crippen LogP contribution in [-0.4, -0.2) is 36.7 Å². The topological polar surface area (TPSA) is 26.0 Å². The van der Waals surface area contributed by atoms with Gasteiger partial charge < -0.3 is 0 Å². The zero-order chi connectivity index (χ0) is 7.49. The minimum absolute atomic E-state index is 0.672. The molecule has 0 heterocycles. The van der Waals surface area contributed by atoms with Crippen LogP contribution in [0.25, 0.3) is 0 Å². The number of rotatable bonds is 2. The maximum atomic E-state index is 5.57. The van der Waals surface area contributed by atoms with Crippen molar-refractivity contribution < 1.29 is 0 Å². The molecule has 0 aliphatic carbocycles. The molecule has 0 aromatic heterocycles. The third kappa shape index (κ3) is 2.63. The summed E-state index contributed by atoms with van der Waals surface area (Å²) in [6.45, 7) is 4.33. The van der Waals surface area contributed by atoms with Gasteiger partial charge in [-0.1, -0.05) is 0 Å². The van der Waals surface area contributed by atoms with Gasteiger partial charge in [-0.3, -0.25) is 0 Å². The molecule has 0 aliphatic heterocycles. The van der Waals surface area contributed by atoms with Crippen LogP contribution in [0.3, 0.4) is 0 Å². The quantitative estimate of drug-likeness (QED) is 0.600. The predicted octanol–water partition coefficient (Wildman–Crippen LogP) is 0.890. The van der Waals surface area contributed by atoms with Gasteiger partial charge in [0.05, 0.1) is 0 Å². The molecule has 0 atom stereocenters. The van der Waals surface area contributed by atoms with E-state index in [1.165, 1.54) is 0 Å². The molecule has 0 aromatic rings. The number of nitrogens with two attached hydrogens (primary N) is 1. The van der Waals surface area contributed by atoms with Crippen molar-refractivity contribution in [3.8, 4) is 0 Å². The summed E-state index contributed by atoms with van der Waals surface area (Å²) in [4.78, 5) is 0. The summed E-state index contributed by atoms with van der Waals surface area (Å²) in [5.74, 6) is 2.29. The van der Waals surface area contributed by atoms with Crippen LogP contribution in [-0.2, 0) is 0 Å². The molecule has 0 saturated carbocycles. The predicted molar refractivity (Wildman–Crippen MR) is 52.6 cm³/mol. The van der Waals surface area contributed by atoms with E-state index in [1.54, 1.807) is 0 Å². The second-order valence-electron chi connectivity index (χ2n) is 1.74. The molecular formula is C5H13NS2Te. The number of thiocarbonyl (C=S) groups is 1. The van der Waals surface area contributed by atoms with Crippen LogP contribution in [0.5, 0.6) is 0 Å². The first-order chi connectivity index (χ1) is 4.06. The molecule has 0 spiro atoms. The van der Waals surface area contributed by atoms with Crippen molar-refractivity contribution in [3.05, 3.63) is 0 Å². The molecule has 0 amide bonds. The molecule has 1 nitrogen and oxygen atoms in total. The molecule has 0 rings (SSSR count). The van der Waals surface area contributed by atoms with Gasteiger partial charge in [-0.25, -0.2) is 0 Å². The third-order valence-electron chi connectivity index (χ3n) is 1.33. The van der Waals surface area contributed by atoms with E-state index in [1.807, 2.05) is 20.9 Å². The molecule has 0 unspecified atom stereocenters. The first kappa shape index (κ1) is 10.0. The standard InChI is InChI=1S/C5H13NS2Te/c1-3-8(9,4-2)5(6)7/h9H,3-4H2,1-2H3,(H2,6,7). The molecule has 0 aliphatic rings. The second kappa shape index (κ2) is 4.02. The Morgan fingerprint density at radius 2 is 1.89 bits per heavy atom. The van der Waals surface area contributed by atoms with E-state index in [0.717, 1.165) is 15.8 Å². The van der Waals surface area contributed by atoms with Crippen molar-refractivity contribution >= 4 is 44.7 Å². The van der Waals surface area contributed by atoms with E-state index in [0.29, 0.717) is 0 Å². The van der Waals surface area contributed by atoms with Crippen molar-refractivity contribution in [2.24, 2.45) is 5.73 Å². The summed E-state index contributed by atoms with van der Waals surface area (Å²) in [7, 11) is -0.672. The molecule has 9 heavy (non-hydrogen) atoms. The first-order valence-electron chi connectivity index (χ1n) is 2.87. The Kier molecular flexibility index (Phi) is 4.48. The van der Waals surface area contributed by atoms with Gasteiger partial charge in [-0.15, -0.1) is 0 Å². The van der Waals surface area contributed by atoms with E-state index < -0.39 is 7.26 Å². The molecule has 0 aromatic carbocycles. The first-order valence-corrected chi connectivity index (χ1v) is 8.33. The average molecular weight is 279 g/mol. The molecule has 2 N–H and O–H groups in total. The molecule has 0 saturated heterocycles. The van der Waals surface area contributed by atoms with Gasteiger partial charge in [0.1, 0.15) is 0 Å². The Morgan fingerprint density at radius 3 is 1.89 bits per heavy atom. The molecule has 0 fully saturated rings. The van der Waals surface area contributed by atoms with Crippen molar-refractivity contribution in [1.82, 2.24) is 0 Å². The third-order valence-corrected chi connectivity index (χ3v) is 12.2. The molecular weight excluding hydrogens is 266 g/mol. The number of hydrogen-bond acceptors (Lipinski definition) is 1. The Labute approximate surface area is 75.5 Å². The number of hydrogen-bond donors (Lipinski definition) is 1. The zero-order valence-electron chi connectivity index (χ0n) is 5.76. The summed E-state index contributed by atoms with van der Waals surface area (Å²) in [6.07, 6.45) is 0. The fourth-order valence-corrected chi connectivity index (χ4v) is 2.17. The molecule has 0 bridgehead atoms. The Balaban J connectivity index is 4.09. The summed E-state index contributed by atoms with van der Waals surface area (Å²) in [5, 5.41) is 0. The van der Waals surface area contributed by atoms with E-state index in [9.17, 15) is 0 Å². The Bertz CT molecular complexity index is 112. The van der Waals surface area contributed by atoms with Crippen LogP contribution in [0.15, 0.2) is 0 Å². The van der Waals surface area contributed by atoms with Gasteiger partial charge in [0.2, 0.25) is 0 Å². The van der Waals surface area contributed by atoms with Gasteiger partial charge in [0.25, 0.3) is 0 Å². The van der Waals surface area contributed by atoms with E-state index in [4.69, 9.17) is 18.0 Å². The SMILES string of the molecule is CCS([TeH])(CC)C(N)=S. The van der Waals surface area contributed by atoms with Gasteiger partial charge in [-0.2, -0.15) is 0 Å². The fourth-order valence-electron chi connectivity index (χ4n) is 0.489. The van der Waals surface area contributed by atoms with Crippen LogP contribution < -0.4 is 5.73 Å². The maximum absolute atomic E-state index is 5.57. The van der Waals surface area contributed by atoms with Crippen molar-refractivity contribution in [2.45, 2.75) is 13.8 Å². The van der Waals surface area contributed by atoms with Crippen LogP contribution >= 0.6 is 19.5 Å². The van der Waals surface area contributed by atoms with Gasteiger partial charge in [0.15, 0.2) is 0 Å². The second-order valence-corrected chi connectivity index (χ2v) is 11.7. The van der Waals surface area contributed by atoms with Crippen LogP contribution in [0, 0.1) is 0 Å². The van der Waals surface area contributed by atoms with Crippen molar-refractivity contribution in [2.75, 3.05) is 11.5 Å². The van der Waals surface area contributed by atoms with Gasteiger partial charge >= 0.3 is 75.8 Å². The summed E-state index contributed by atoms with van der Waals surface area (Å²) in [5.41, 5.74) is 5.57.